The van der Waals surface area contributed by atoms with Gasteiger partial charge in [-0.2, -0.15) is 5.10 Å². The Morgan fingerprint density at radius 2 is 2.18 bits per heavy atom. The molecule has 0 aliphatic heterocycles. The summed E-state index contributed by atoms with van der Waals surface area (Å²) in [5, 5.41) is 6.04. The number of nitrogens with zero attached hydrogens (tertiary/aromatic N) is 2. The molecule has 0 spiro atoms. The highest BCUT2D eigenvalue weighted by Gasteiger charge is 2.11. The Kier molecular flexibility index (Phi) is 2.34. The van der Waals surface area contributed by atoms with E-state index < -0.39 is 0 Å². The second kappa shape index (κ2) is 3.75. The first kappa shape index (κ1) is 10.6. The summed E-state index contributed by atoms with van der Waals surface area (Å²) in [6.07, 6.45) is 1.67. The summed E-state index contributed by atoms with van der Waals surface area (Å²) >= 11 is 7.67. The zero-order valence-corrected chi connectivity index (χ0v) is 10.7. The third kappa shape index (κ3) is 1.69. The first-order chi connectivity index (χ1) is 8.15. The molecule has 3 nitrogen and oxygen atoms in total. The molecule has 0 bridgehead atoms. The van der Waals surface area contributed by atoms with Crippen molar-refractivity contribution < 1.29 is 0 Å². The topological polar surface area (TPSA) is 43.8 Å². The van der Waals surface area contributed by atoms with Crippen LogP contribution in [-0.4, -0.2) is 9.78 Å². The molecule has 0 saturated heterocycles. The van der Waals surface area contributed by atoms with Crippen molar-refractivity contribution in [3.8, 4) is 10.6 Å². The van der Waals surface area contributed by atoms with Gasteiger partial charge in [0, 0.05) is 16.8 Å². The minimum Gasteiger partial charge on any atom is -0.396 e. The van der Waals surface area contributed by atoms with Crippen molar-refractivity contribution in [1.29, 1.82) is 0 Å². The van der Waals surface area contributed by atoms with Gasteiger partial charge >= 0.3 is 0 Å². The first-order valence-electron chi connectivity index (χ1n) is 5.12. The molecule has 2 aromatic heterocycles. The van der Waals surface area contributed by atoms with Crippen molar-refractivity contribution in [2.75, 3.05) is 5.73 Å². The summed E-state index contributed by atoms with van der Waals surface area (Å²) < 4.78 is 2.99. The van der Waals surface area contributed by atoms with Crippen LogP contribution in [0, 0.1) is 0 Å². The van der Waals surface area contributed by atoms with Crippen LogP contribution in [0.1, 0.15) is 0 Å². The molecule has 86 valence electrons. The number of hydrogen-bond donors (Lipinski definition) is 1. The van der Waals surface area contributed by atoms with E-state index in [1.807, 2.05) is 25.2 Å². The van der Waals surface area contributed by atoms with Gasteiger partial charge in [0.15, 0.2) is 0 Å². The molecule has 0 aliphatic rings. The van der Waals surface area contributed by atoms with Gasteiger partial charge in [-0.05, 0) is 29.7 Å². The van der Waals surface area contributed by atoms with Gasteiger partial charge in [0.1, 0.15) is 5.69 Å². The largest absolute Gasteiger partial charge is 0.396 e. The predicted molar refractivity (Wildman–Crippen MR) is 73.4 cm³/mol. The Morgan fingerprint density at radius 3 is 2.88 bits per heavy atom. The number of aromatic nitrogens is 2. The lowest BCUT2D eigenvalue weighted by atomic mass is 10.2. The fourth-order valence-corrected chi connectivity index (χ4v) is 3.21. The zero-order valence-electron chi connectivity index (χ0n) is 9.14. The lowest BCUT2D eigenvalue weighted by Gasteiger charge is -1.98. The highest BCUT2D eigenvalue weighted by Crippen LogP contribution is 2.36. The van der Waals surface area contributed by atoms with Gasteiger partial charge in [0.25, 0.3) is 0 Å². The van der Waals surface area contributed by atoms with Gasteiger partial charge in [-0.15, -0.1) is 11.3 Å². The summed E-state index contributed by atoms with van der Waals surface area (Å²) in [5.74, 6) is 0. The van der Waals surface area contributed by atoms with E-state index in [1.54, 1.807) is 22.2 Å². The molecule has 3 rings (SSSR count). The Balaban J connectivity index is 2.25. The summed E-state index contributed by atoms with van der Waals surface area (Å²) in [5.41, 5.74) is 7.58. The van der Waals surface area contributed by atoms with Crippen LogP contribution in [0.3, 0.4) is 0 Å². The molecule has 17 heavy (non-hydrogen) atoms. The molecule has 0 amide bonds. The second-order valence-corrected chi connectivity index (χ2v) is 5.39. The predicted octanol–water partition coefficient (Wildman–Crippen LogP) is 3.54. The third-order valence-electron chi connectivity index (χ3n) is 2.68. The average molecular weight is 264 g/mol. The summed E-state index contributed by atoms with van der Waals surface area (Å²) in [4.78, 5) is 1.11. The fourth-order valence-electron chi connectivity index (χ4n) is 1.89. The van der Waals surface area contributed by atoms with Crippen LogP contribution in [0.4, 0.5) is 5.69 Å². The van der Waals surface area contributed by atoms with Crippen molar-refractivity contribution in [1.82, 2.24) is 9.78 Å². The van der Waals surface area contributed by atoms with Gasteiger partial charge in [-0.25, -0.2) is 0 Å². The van der Waals surface area contributed by atoms with E-state index in [0.717, 1.165) is 21.0 Å². The molecule has 0 saturated carbocycles. The number of nitrogen functional groups attached to an aromatic ring is 1. The number of thiophene rings is 1. The number of rotatable bonds is 1. The van der Waals surface area contributed by atoms with Gasteiger partial charge < -0.3 is 5.73 Å². The average Bonchev–Trinajstić information content (AvgIpc) is 2.81. The molecule has 5 heteroatoms. The van der Waals surface area contributed by atoms with Gasteiger partial charge in [0.2, 0.25) is 0 Å². The van der Waals surface area contributed by atoms with Crippen molar-refractivity contribution in [3.63, 3.8) is 0 Å². The van der Waals surface area contributed by atoms with Crippen LogP contribution in [-0.2, 0) is 7.05 Å². The molecule has 0 fully saturated rings. The maximum atomic E-state index is 5.98. The number of anilines is 1. The van der Waals surface area contributed by atoms with E-state index in [1.165, 1.54) is 4.70 Å². The number of fused-ring (bicyclic) bond motifs is 1. The SMILES string of the molecule is Cn1ncc(N)c1-c1cc2cc(Cl)ccc2s1. The molecule has 2 heterocycles. The number of nitrogens with two attached hydrogens (primary N) is 1. The second-order valence-electron chi connectivity index (χ2n) is 3.86. The highest BCUT2D eigenvalue weighted by molar-refractivity contribution is 7.22. The minimum atomic E-state index is 0.699. The van der Waals surface area contributed by atoms with E-state index in [9.17, 15) is 0 Å². The fraction of sp³-hybridized carbons (Fsp3) is 0.0833. The van der Waals surface area contributed by atoms with Crippen LogP contribution in [0.2, 0.25) is 5.02 Å². The van der Waals surface area contributed by atoms with Crippen LogP contribution < -0.4 is 5.73 Å². The lowest BCUT2D eigenvalue weighted by molar-refractivity contribution is 0.777. The van der Waals surface area contributed by atoms with Crippen LogP contribution in [0.15, 0.2) is 30.5 Å². The normalized spacial score (nSPS) is 11.2. The van der Waals surface area contributed by atoms with Crippen molar-refractivity contribution >= 4 is 38.7 Å². The Labute approximate surface area is 107 Å². The standard InChI is InChI=1S/C12H10ClN3S/c1-16-12(9(14)6-15-16)11-5-7-4-8(13)2-3-10(7)17-11/h2-6H,14H2,1H3. The highest BCUT2D eigenvalue weighted by atomic mass is 35.5. The molecule has 2 N–H and O–H groups in total. The van der Waals surface area contributed by atoms with Crippen LogP contribution in [0.25, 0.3) is 20.7 Å². The van der Waals surface area contributed by atoms with E-state index >= 15 is 0 Å². The molecule has 1 aromatic carbocycles. The van der Waals surface area contributed by atoms with Crippen molar-refractivity contribution in [2.24, 2.45) is 7.05 Å². The van der Waals surface area contributed by atoms with Gasteiger partial charge in [0.05, 0.1) is 16.8 Å². The smallest absolute Gasteiger partial charge is 0.101 e. The summed E-state index contributed by atoms with van der Waals surface area (Å²) in [7, 11) is 1.89. The van der Waals surface area contributed by atoms with Gasteiger partial charge in [-0.1, -0.05) is 11.6 Å². The summed E-state index contributed by atoms with van der Waals surface area (Å²) in [6.45, 7) is 0. The van der Waals surface area contributed by atoms with E-state index in [0.29, 0.717) is 5.69 Å². The Hall–Kier alpha value is -1.52. The van der Waals surface area contributed by atoms with E-state index in [4.69, 9.17) is 17.3 Å². The third-order valence-corrected chi connectivity index (χ3v) is 4.04. The molecular weight excluding hydrogens is 254 g/mol. The van der Waals surface area contributed by atoms with E-state index in [2.05, 4.69) is 11.2 Å². The van der Waals surface area contributed by atoms with Crippen molar-refractivity contribution in [3.05, 3.63) is 35.5 Å². The Bertz CT molecular complexity index is 679. The van der Waals surface area contributed by atoms with Gasteiger partial charge in [-0.3, -0.25) is 4.68 Å². The number of benzene rings is 1. The maximum Gasteiger partial charge on any atom is 0.101 e. The molecular formula is C12H10ClN3S. The lowest BCUT2D eigenvalue weighted by Crippen LogP contribution is -1.93. The van der Waals surface area contributed by atoms with E-state index in [-0.39, 0.29) is 0 Å². The zero-order chi connectivity index (χ0) is 12.0. The van der Waals surface area contributed by atoms with Crippen LogP contribution in [0.5, 0.6) is 0 Å². The monoisotopic (exact) mass is 263 g/mol. The molecule has 0 atom stereocenters. The number of aryl methyl sites for hydroxylation is 1. The summed E-state index contributed by atoms with van der Waals surface area (Å²) in [6, 6.07) is 7.98. The molecule has 0 radical (unpaired) electrons. The van der Waals surface area contributed by atoms with Crippen LogP contribution >= 0.6 is 22.9 Å². The molecule has 3 aromatic rings. The number of hydrogen-bond acceptors (Lipinski definition) is 3. The molecule has 0 aliphatic carbocycles. The quantitative estimate of drug-likeness (QED) is 0.730. The first-order valence-corrected chi connectivity index (χ1v) is 6.31. The Morgan fingerprint density at radius 1 is 1.35 bits per heavy atom. The number of halogens is 1. The maximum absolute atomic E-state index is 5.98. The van der Waals surface area contributed by atoms with Crippen molar-refractivity contribution in [2.45, 2.75) is 0 Å². The molecule has 0 unspecified atom stereocenters. The minimum absolute atomic E-state index is 0.699.